The molecule has 8 heteroatoms. The largest absolute Gasteiger partial charge is 0.444 e. The lowest BCUT2D eigenvalue weighted by atomic mass is 9.97. The van der Waals surface area contributed by atoms with Gasteiger partial charge in [-0.3, -0.25) is 0 Å². The van der Waals surface area contributed by atoms with E-state index < -0.39 is 5.60 Å². The summed E-state index contributed by atoms with van der Waals surface area (Å²) in [7, 11) is 1.78. The lowest BCUT2D eigenvalue weighted by molar-refractivity contribution is 0.0238. The van der Waals surface area contributed by atoms with Crippen LogP contribution in [-0.2, 0) is 11.2 Å². The van der Waals surface area contributed by atoms with Crippen LogP contribution in [0.5, 0.6) is 0 Å². The molecule has 4 rings (SSSR count). The van der Waals surface area contributed by atoms with Crippen molar-refractivity contribution in [3.63, 3.8) is 0 Å². The Hall–Kier alpha value is -2.41. The summed E-state index contributed by atoms with van der Waals surface area (Å²) in [5, 5.41) is 0.215. The third kappa shape index (κ3) is 4.61. The molecule has 2 aromatic rings. The van der Waals surface area contributed by atoms with Gasteiger partial charge in [0.1, 0.15) is 17.2 Å². The number of hydrogen-bond donors (Lipinski definition) is 0. The van der Waals surface area contributed by atoms with Crippen LogP contribution < -0.4 is 4.90 Å². The monoisotopic (exact) mass is 446 g/mol. The Labute approximate surface area is 187 Å². The Morgan fingerprint density at radius 1 is 1.23 bits per heavy atom. The first-order valence-corrected chi connectivity index (χ1v) is 11.0. The van der Waals surface area contributed by atoms with Gasteiger partial charge in [0.25, 0.3) is 0 Å². The fourth-order valence-electron chi connectivity index (χ4n) is 4.43. The van der Waals surface area contributed by atoms with Gasteiger partial charge < -0.3 is 14.5 Å². The Balaban J connectivity index is 1.55. The van der Waals surface area contributed by atoms with E-state index in [-0.39, 0.29) is 29.2 Å². The molecule has 1 aromatic carbocycles. The Morgan fingerprint density at radius 2 is 1.94 bits per heavy atom. The number of rotatable bonds is 3. The van der Waals surface area contributed by atoms with Gasteiger partial charge in [0.15, 0.2) is 0 Å². The highest BCUT2D eigenvalue weighted by Crippen LogP contribution is 2.41. The molecule has 0 bridgehead atoms. The minimum Gasteiger partial charge on any atom is -0.444 e. The van der Waals surface area contributed by atoms with E-state index in [0.717, 1.165) is 48.4 Å². The van der Waals surface area contributed by atoms with Crippen LogP contribution in [0, 0.1) is 5.82 Å². The molecule has 1 amide bonds. The smallest absolute Gasteiger partial charge is 0.410 e. The molecule has 1 saturated heterocycles. The topological polar surface area (TPSA) is 58.6 Å². The highest BCUT2D eigenvalue weighted by molar-refractivity contribution is 6.28. The maximum absolute atomic E-state index is 13.4. The first-order valence-electron chi connectivity index (χ1n) is 10.6. The van der Waals surface area contributed by atoms with Crippen LogP contribution in [0.3, 0.4) is 0 Å². The number of fused-ring (bicyclic) bond motifs is 1. The minimum atomic E-state index is -0.528. The van der Waals surface area contributed by atoms with Gasteiger partial charge in [-0.15, -0.1) is 0 Å². The minimum absolute atomic E-state index is 0.0357. The van der Waals surface area contributed by atoms with E-state index in [0.29, 0.717) is 6.54 Å². The quantitative estimate of drug-likeness (QED) is 0.634. The number of carbonyl (C=O) groups is 1. The van der Waals surface area contributed by atoms with Crippen LogP contribution >= 0.6 is 11.6 Å². The fourth-order valence-corrected chi connectivity index (χ4v) is 4.60. The molecule has 1 aliphatic carbocycles. The summed E-state index contributed by atoms with van der Waals surface area (Å²) in [4.78, 5) is 25.4. The zero-order valence-corrected chi connectivity index (χ0v) is 19.1. The number of hydrogen-bond acceptors (Lipinski definition) is 5. The van der Waals surface area contributed by atoms with Gasteiger partial charge in [0, 0.05) is 31.6 Å². The van der Waals surface area contributed by atoms with Crippen molar-refractivity contribution in [1.82, 2.24) is 14.9 Å². The molecule has 166 valence electrons. The number of halogens is 2. The predicted molar refractivity (Wildman–Crippen MR) is 118 cm³/mol. The van der Waals surface area contributed by atoms with Crippen molar-refractivity contribution in [2.24, 2.45) is 0 Å². The van der Waals surface area contributed by atoms with E-state index >= 15 is 0 Å². The number of benzene rings is 1. The van der Waals surface area contributed by atoms with E-state index in [1.165, 1.54) is 12.1 Å². The maximum Gasteiger partial charge on any atom is 0.410 e. The normalized spacial score (nSPS) is 20.6. The summed E-state index contributed by atoms with van der Waals surface area (Å²) in [6, 6.07) is 6.62. The molecular weight excluding hydrogens is 419 g/mol. The third-order valence-electron chi connectivity index (χ3n) is 5.97. The fraction of sp³-hybridized carbons (Fsp3) is 0.522. The number of aromatic nitrogens is 2. The SMILES string of the molecule is CN(C(=O)OC(C)(C)C)C1CCN(c2nc(Cl)nc3c2CCC3c2ccc(F)cc2)C1. The first kappa shape index (κ1) is 21.8. The van der Waals surface area contributed by atoms with Crippen molar-refractivity contribution in [2.75, 3.05) is 25.0 Å². The molecule has 0 saturated carbocycles. The molecule has 1 fully saturated rings. The zero-order valence-electron chi connectivity index (χ0n) is 18.4. The van der Waals surface area contributed by atoms with E-state index in [1.54, 1.807) is 11.9 Å². The average molecular weight is 447 g/mol. The molecule has 1 aromatic heterocycles. The predicted octanol–water partition coefficient (Wildman–Crippen LogP) is 4.79. The number of amides is 1. The Kier molecular flexibility index (Phi) is 5.81. The van der Waals surface area contributed by atoms with Crippen molar-refractivity contribution in [2.45, 2.75) is 57.6 Å². The average Bonchev–Trinajstić information content (AvgIpc) is 3.33. The first-order chi connectivity index (χ1) is 14.6. The van der Waals surface area contributed by atoms with Gasteiger partial charge in [-0.1, -0.05) is 12.1 Å². The van der Waals surface area contributed by atoms with Crippen molar-refractivity contribution >= 4 is 23.5 Å². The van der Waals surface area contributed by atoms with Crippen LogP contribution in [-0.4, -0.2) is 52.7 Å². The van der Waals surface area contributed by atoms with Gasteiger partial charge in [0.05, 0.1) is 11.7 Å². The summed E-state index contributed by atoms with van der Waals surface area (Å²) >= 11 is 6.31. The van der Waals surface area contributed by atoms with Crippen LogP contribution in [0.2, 0.25) is 5.28 Å². The molecule has 2 unspecified atom stereocenters. The molecule has 2 atom stereocenters. The molecule has 0 radical (unpaired) electrons. The van der Waals surface area contributed by atoms with E-state index in [1.807, 2.05) is 32.9 Å². The van der Waals surface area contributed by atoms with Crippen LogP contribution in [0.1, 0.15) is 56.4 Å². The van der Waals surface area contributed by atoms with Gasteiger partial charge in [-0.2, -0.15) is 0 Å². The van der Waals surface area contributed by atoms with E-state index in [9.17, 15) is 9.18 Å². The highest BCUT2D eigenvalue weighted by atomic mass is 35.5. The Morgan fingerprint density at radius 3 is 2.61 bits per heavy atom. The zero-order chi connectivity index (χ0) is 22.3. The molecule has 2 aliphatic rings. The standard InChI is InChI=1S/C23H28ClFN4O2/c1-23(2,3)31-22(30)28(4)16-11-12-29(13-16)20-18-10-9-17(19(18)26-21(24)27-20)14-5-7-15(25)8-6-14/h5-8,16-17H,9-13H2,1-4H3. The van der Waals surface area contributed by atoms with Gasteiger partial charge >= 0.3 is 6.09 Å². The molecule has 6 nitrogen and oxygen atoms in total. The summed E-state index contributed by atoms with van der Waals surface area (Å²) in [6.45, 7) is 7.03. The van der Waals surface area contributed by atoms with Crippen molar-refractivity contribution in [3.05, 3.63) is 52.2 Å². The lowest BCUT2D eigenvalue weighted by Crippen LogP contribution is -2.42. The van der Waals surface area contributed by atoms with Crippen molar-refractivity contribution in [3.8, 4) is 0 Å². The highest BCUT2D eigenvalue weighted by Gasteiger charge is 2.36. The second-order valence-corrected chi connectivity index (χ2v) is 9.64. The second kappa shape index (κ2) is 8.26. The molecular formula is C23H28ClFN4O2. The lowest BCUT2D eigenvalue weighted by Gasteiger charge is -2.29. The number of carbonyl (C=O) groups excluding carboxylic acids is 1. The number of ether oxygens (including phenoxy) is 1. The summed E-state index contributed by atoms with van der Waals surface area (Å²) in [6.07, 6.45) is 2.24. The van der Waals surface area contributed by atoms with Crippen molar-refractivity contribution in [1.29, 1.82) is 0 Å². The van der Waals surface area contributed by atoms with E-state index in [2.05, 4.69) is 14.9 Å². The van der Waals surface area contributed by atoms with Gasteiger partial charge in [0.2, 0.25) is 5.28 Å². The second-order valence-electron chi connectivity index (χ2n) is 9.30. The van der Waals surface area contributed by atoms with E-state index in [4.69, 9.17) is 16.3 Å². The van der Waals surface area contributed by atoms with Gasteiger partial charge in [-0.25, -0.2) is 19.2 Å². The van der Waals surface area contributed by atoms with Crippen LogP contribution in [0.4, 0.5) is 15.0 Å². The summed E-state index contributed by atoms with van der Waals surface area (Å²) in [5.41, 5.74) is 2.52. The van der Waals surface area contributed by atoms with Gasteiger partial charge in [-0.05, 0) is 69.3 Å². The molecule has 2 heterocycles. The third-order valence-corrected chi connectivity index (χ3v) is 6.14. The molecule has 31 heavy (non-hydrogen) atoms. The number of likely N-dealkylation sites (N-methyl/N-ethyl adjacent to an activating group) is 1. The maximum atomic E-state index is 13.4. The van der Waals surface area contributed by atoms with Crippen molar-refractivity contribution < 1.29 is 13.9 Å². The summed E-state index contributed by atoms with van der Waals surface area (Å²) in [5.74, 6) is 0.679. The molecule has 0 N–H and O–H groups in total. The Bertz CT molecular complexity index is 977. The van der Waals surface area contributed by atoms with Crippen LogP contribution in [0.25, 0.3) is 0 Å². The number of anilines is 1. The van der Waals surface area contributed by atoms with Crippen LogP contribution in [0.15, 0.2) is 24.3 Å². The summed E-state index contributed by atoms with van der Waals surface area (Å²) < 4.78 is 18.9. The molecule has 0 spiro atoms. The molecule has 1 aliphatic heterocycles. The number of nitrogens with zero attached hydrogens (tertiary/aromatic N) is 4.